The number of hydrogen-bond donors (Lipinski definition) is 1. The van der Waals surface area contributed by atoms with E-state index in [-0.39, 0.29) is 5.56 Å². The molecule has 2 heterocycles. The van der Waals surface area contributed by atoms with Crippen LogP contribution in [0.5, 0.6) is 0 Å². The van der Waals surface area contributed by atoms with Crippen LogP contribution >= 0.6 is 0 Å². The van der Waals surface area contributed by atoms with Crippen molar-refractivity contribution in [3.8, 4) is 11.1 Å². The largest absolute Gasteiger partial charge is 0.478 e. The second-order valence-electron chi connectivity index (χ2n) is 5.13. The van der Waals surface area contributed by atoms with Crippen molar-refractivity contribution in [3.63, 3.8) is 0 Å². The minimum absolute atomic E-state index is 0.144. The summed E-state index contributed by atoms with van der Waals surface area (Å²) in [5.41, 5.74) is 2.81. The number of nitrogens with zero attached hydrogens (tertiary/aromatic N) is 3. The second kappa shape index (κ2) is 5.14. The highest BCUT2D eigenvalue weighted by molar-refractivity contribution is 6.08. The Hall–Kier alpha value is -3.34. The van der Waals surface area contributed by atoms with E-state index >= 15 is 0 Å². The van der Waals surface area contributed by atoms with E-state index < -0.39 is 5.97 Å². The Morgan fingerprint density at radius 2 is 1.65 bits per heavy atom. The fraction of sp³-hybridized carbons (Fsp3) is 0. The van der Waals surface area contributed by atoms with E-state index in [1.54, 1.807) is 30.7 Å². The molecule has 23 heavy (non-hydrogen) atoms. The van der Waals surface area contributed by atoms with Crippen LogP contribution in [0.3, 0.4) is 0 Å². The van der Waals surface area contributed by atoms with Crippen LogP contribution in [0, 0.1) is 0 Å². The van der Waals surface area contributed by atoms with Crippen LogP contribution in [0.1, 0.15) is 10.4 Å². The zero-order valence-corrected chi connectivity index (χ0v) is 12.0. The Morgan fingerprint density at radius 3 is 2.48 bits per heavy atom. The van der Waals surface area contributed by atoms with Crippen LogP contribution in [-0.4, -0.2) is 26.0 Å². The molecule has 0 saturated carbocycles. The van der Waals surface area contributed by atoms with E-state index in [1.807, 2.05) is 24.3 Å². The number of aromatic nitrogens is 3. The minimum atomic E-state index is -1.02. The summed E-state index contributed by atoms with van der Waals surface area (Å²) < 4.78 is 0. The first kappa shape index (κ1) is 13.3. The third-order valence-electron chi connectivity index (χ3n) is 3.81. The van der Waals surface area contributed by atoms with Crippen LogP contribution in [0.4, 0.5) is 0 Å². The Kier molecular flexibility index (Phi) is 2.98. The standard InChI is InChI=1S/C18H11N3O2/c22-18(23)14-6-5-13(16-17(14)21-8-7-20-16)15-10-19-9-11-3-1-2-4-12(11)15/h1-10H,(H,22,23). The molecule has 110 valence electrons. The predicted octanol–water partition coefficient (Wildman–Crippen LogP) is 3.54. The van der Waals surface area contributed by atoms with E-state index in [1.165, 1.54) is 6.20 Å². The van der Waals surface area contributed by atoms with Crippen molar-refractivity contribution in [1.82, 2.24) is 15.0 Å². The Bertz CT molecular complexity index is 1050. The molecule has 1 N–H and O–H groups in total. The molecule has 0 aliphatic rings. The van der Waals surface area contributed by atoms with E-state index in [0.717, 1.165) is 21.9 Å². The average Bonchev–Trinajstić information content (AvgIpc) is 2.60. The number of pyridine rings is 1. The molecular formula is C18H11N3O2. The number of carboxylic acid groups (broad SMARTS) is 1. The van der Waals surface area contributed by atoms with Gasteiger partial charge in [-0.25, -0.2) is 4.79 Å². The second-order valence-corrected chi connectivity index (χ2v) is 5.13. The molecule has 4 rings (SSSR count). The lowest BCUT2D eigenvalue weighted by Gasteiger charge is -2.10. The van der Waals surface area contributed by atoms with Crippen LogP contribution in [-0.2, 0) is 0 Å². The normalized spacial score (nSPS) is 11.0. The van der Waals surface area contributed by atoms with Crippen molar-refractivity contribution in [3.05, 3.63) is 66.7 Å². The molecule has 0 unspecified atom stereocenters. The lowest BCUT2D eigenvalue weighted by molar-refractivity contribution is 0.0699. The van der Waals surface area contributed by atoms with Crippen molar-refractivity contribution in [2.45, 2.75) is 0 Å². The van der Waals surface area contributed by atoms with Gasteiger partial charge in [-0.15, -0.1) is 0 Å². The summed E-state index contributed by atoms with van der Waals surface area (Å²) in [4.78, 5) is 24.2. The van der Waals surface area contributed by atoms with Gasteiger partial charge in [-0.3, -0.25) is 15.0 Å². The molecule has 4 aromatic rings. The quantitative estimate of drug-likeness (QED) is 0.613. The van der Waals surface area contributed by atoms with Gasteiger partial charge in [0.1, 0.15) is 5.52 Å². The molecule has 0 saturated heterocycles. The van der Waals surface area contributed by atoms with Crippen LogP contribution < -0.4 is 0 Å². The number of hydrogen-bond acceptors (Lipinski definition) is 4. The summed E-state index contributed by atoms with van der Waals surface area (Å²) in [6.07, 6.45) is 6.64. The molecule has 0 bridgehead atoms. The van der Waals surface area contributed by atoms with Gasteiger partial charge < -0.3 is 5.11 Å². The third kappa shape index (κ3) is 2.10. The van der Waals surface area contributed by atoms with Crippen LogP contribution in [0.2, 0.25) is 0 Å². The van der Waals surface area contributed by atoms with Gasteiger partial charge in [0.2, 0.25) is 0 Å². The number of carbonyl (C=O) groups is 1. The molecule has 5 nitrogen and oxygen atoms in total. The number of fused-ring (bicyclic) bond motifs is 2. The van der Waals surface area contributed by atoms with Crippen molar-refractivity contribution < 1.29 is 9.90 Å². The maximum atomic E-state index is 11.4. The van der Waals surface area contributed by atoms with Gasteiger partial charge in [0.05, 0.1) is 11.1 Å². The minimum Gasteiger partial charge on any atom is -0.478 e. The summed E-state index contributed by atoms with van der Waals surface area (Å²) >= 11 is 0. The van der Waals surface area contributed by atoms with Crippen LogP contribution in [0.25, 0.3) is 32.9 Å². The molecule has 5 heteroatoms. The highest BCUT2D eigenvalue weighted by atomic mass is 16.4. The van der Waals surface area contributed by atoms with Gasteiger partial charge in [-0.1, -0.05) is 30.3 Å². The lowest BCUT2D eigenvalue weighted by Crippen LogP contribution is -2.00. The highest BCUT2D eigenvalue weighted by Crippen LogP contribution is 2.32. The van der Waals surface area contributed by atoms with Gasteiger partial charge in [-0.05, 0) is 11.5 Å². The van der Waals surface area contributed by atoms with Gasteiger partial charge in [0.15, 0.2) is 0 Å². The predicted molar refractivity (Wildman–Crippen MR) is 87.2 cm³/mol. The molecule has 2 aromatic heterocycles. The third-order valence-corrected chi connectivity index (χ3v) is 3.81. The first-order valence-electron chi connectivity index (χ1n) is 7.06. The first-order valence-corrected chi connectivity index (χ1v) is 7.06. The van der Waals surface area contributed by atoms with E-state index in [4.69, 9.17) is 0 Å². The molecule has 0 atom stereocenters. The SMILES string of the molecule is O=C(O)c1ccc(-c2cncc3ccccc23)c2nccnc12. The zero-order chi connectivity index (χ0) is 15.8. The first-order chi connectivity index (χ1) is 11.3. The van der Waals surface area contributed by atoms with Crippen LogP contribution in [0.15, 0.2) is 61.2 Å². The van der Waals surface area contributed by atoms with E-state index in [9.17, 15) is 9.90 Å². The maximum absolute atomic E-state index is 11.4. The van der Waals surface area contributed by atoms with E-state index in [0.29, 0.717) is 11.0 Å². The van der Waals surface area contributed by atoms with Gasteiger partial charge in [0, 0.05) is 41.3 Å². The topological polar surface area (TPSA) is 76.0 Å². The Labute approximate surface area is 131 Å². The van der Waals surface area contributed by atoms with Crippen molar-refractivity contribution in [1.29, 1.82) is 0 Å². The lowest BCUT2D eigenvalue weighted by atomic mass is 9.98. The average molecular weight is 301 g/mol. The monoisotopic (exact) mass is 301 g/mol. The number of rotatable bonds is 2. The summed E-state index contributed by atoms with van der Waals surface area (Å²) in [5, 5.41) is 11.4. The van der Waals surface area contributed by atoms with Crippen molar-refractivity contribution in [2.24, 2.45) is 0 Å². The van der Waals surface area contributed by atoms with Gasteiger partial charge in [-0.2, -0.15) is 0 Å². The molecule has 0 aliphatic heterocycles. The van der Waals surface area contributed by atoms with Gasteiger partial charge >= 0.3 is 5.97 Å². The number of aromatic carboxylic acids is 1. The fourth-order valence-electron chi connectivity index (χ4n) is 2.78. The summed E-state index contributed by atoms with van der Waals surface area (Å²) in [6, 6.07) is 11.3. The number of carboxylic acids is 1. The molecule has 0 radical (unpaired) electrons. The van der Waals surface area contributed by atoms with Crippen molar-refractivity contribution >= 4 is 27.8 Å². The smallest absolute Gasteiger partial charge is 0.337 e. The fourth-order valence-corrected chi connectivity index (χ4v) is 2.78. The summed E-state index contributed by atoms with van der Waals surface area (Å²) in [5.74, 6) is -1.02. The molecule has 0 fully saturated rings. The maximum Gasteiger partial charge on any atom is 0.337 e. The summed E-state index contributed by atoms with van der Waals surface area (Å²) in [6.45, 7) is 0. The Morgan fingerprint density at radius 1 is 0.870 bits per heavy atom. The van der Waals surface area contributed by atoms with Crippen molar-refractivity contribution in [2.75, 3.05) is 0 Å². The van der Waals surface area contributed by atoms with E-state index in [2.05, 4.69) is 15.0 Å². The van der Waals surface area contributed by atoms with Gasteiger partial charge in [0.25, 0.3) is 0 Å². The molecular weight excluding hydrogens is 290 g/mol. The molecule has 2 aromatic carbocycles. The zero-order valence-electron chi connectivity index (χ0n) is 12.0. The summed E-state index contributed by atoms with van der Waals surface area (Å²) in [7, 11) is 0. The molecule has 0 aliphatic carbocycles. The Balaban J connectivity index is 2.10. The number of benzene rings is 2. The molecule has 0 amide bonds. The highest BCUT2D eigenvalue weighted by Gasteiger charge is 2.15. The molecule has 0 spiro atoms.